The summed E-state index contributed by atoms with van der Waals surface area (Å²) in [6.45, 7) is 4.16. The second-order valence-electron chi connectivity index (χ2n) is 7.80. The molecule has 0 amide bonds. The van der Waals surface area contributed by atoms with Gasteiger partial charge in [-0.05, 0) is 29.5 Å². The maximum atomic E-state index is 9.40. The fourth-order valence-corrected chi connectivity index (χ4v) is 3.71. The van der Waals surface area contributed by atoms with Crippen molar-refractivity contribution in [3.05, 3.63) is 71.3 Å². The van der Waals surface area contributed by atoms with Crippen molar-refractivity contribution < 1.29 is 14.6 Å². The first-order valence-electron chi connectivity index (χ1n) is 10.6. The van der Waals surface area contributed by atoms with Gasteiger partial charge in [0.2, 0.25) is 0 Å². The van der Waals surface area contributed by atoms with Crippen LogP contribution in [-0.4, -0.2) is 44.5 Å². The highest BCUT2D eigenvalue weighted by Crippen LogP contribution is 2.31. The second-order valence-corrected chi connectivity index (χ2v) is 7.80. The van der Waals surface area contributed by atoms with E-state index in [1.54, 1.807) is 7.05 Å². The molecule has 0 aliphatic carbocycles. The third-order valence-corrected chi connectivity index (χ3v) is 5.62. The first-order valence-corrected chi connectivity index (χ1v) is 10.6. The van der Waals surface area contributed by atoms with E-state index in [4.69, 9.17) is 9.47 Å². The van der Waals surface area contributed by atoms with E-state index in [1.165, 1.54) is 11.1 Å². The molecule has 0 radical (unpaired) electrons. The number of ether oxygens (including phenoxy) is 2. The maximum Gasteiger partial charge on any atom is 0.191 e. The average Bonchev–Trinajstić information content (AvgIpc) is 3.24. The van der Waals surface area contributed by atoms with Crippen molar-refractivity contribution in [2.24, 2.45) is 10.4 Å². The lowest BCUT2D eigenvalue weighted by Gasteiger charge is -2.27. The molecule has 1 aliphatic heterocycles. The van der Waals surface area contributed by atoms with Gasteiger partial charge in [-0.1, -0.05) is 54.6 Å². The van der Waals surface area contributed by atoms with E-state index >= 15 is 0 Å². The van der Waals surface area contributed by atoms with Gasteiger partial charge >= 0.3 is 0 Å². The van der Waals surface area contributed by atoms with Crippen LogP contribution in [0.5, 0.6) is 0 Å². The number of rotatable bonds is 10. The highest BCUT2D eigenvalue weighted by molar-refractivity contribution is 14.0. The molecular formula is C24H34IN3O3. The van der Waals surface area contributed by atoms with Gasteiger partial charge < -0.3 is 25.2 Å². The van der Waals surface area contributed by atoms with Crippen LogP contribution in [0.15, 0.2) is 59.6 Å². The van der Waals surface area contributed by atoms with E-state index in [0.717, 1.165) is 37.5 Å². The number of halogens is 1. The summed E-state index contributed by atoms with van der Waals surface area (Å²) in [5.74, 6) is 0.749. The van der Waals surface area contributed by atoms with E-state index in [-0.39, 0.29) is 36.0 Å². The summed E-state index contributed by atoms with van der Waals surface area (Å²) >= 11 is 0. The first kappa shape index (κ1) is 25.6. The number of nitrogens with zero attached hydrogens (tertiary/aromatic N) is 1. The Morgan fingerprint density at radius 2 is 1.81 bits per heavy atom. The molecule has 3 rings (SSSR count). The number of aliphatic hydroxyl groups excluding tert-OH is 1. The Morgan fingerprint density at radius 1 is 1.06 bits per heavy atom. The van der Waals surface area contributed by atoms with Crippen molar-refractivity contribution in [1.82, 2.24) is 10.6 Å². The minimum atomic E-state index is -0.0183. The van der Waals surface area contributed by atoms with Crippen LogP contribution < -0.4 is 10.6 Å². The Bertz CT molecular complexity index is 796. The Hall–Kier alpha value is -1.68. The second kappa shape index (κ2) is 13.7. The molecule has 1 atom stereocenters. The lowest BCUT2D eigenvalue weighted by Crippen LogP contribution is -2.44. The molecule has 170 valence electrons. The van der Waals surface area contributed by atoms with Gasteiger partial charge in [-0.3, -0.25) is 4.99 Å². The predicted octanol–water partition coefficient (Wildman–Crippen LogP) is 3.48. The molecule has 2 aromatic carbocycles. The molecule has 31 heavy (non-hydrogen) atoms. The fraction of sp³-hybridized carbons (Fsp3) is 0.458. The average molecular weight is 539 g/mol. The number of hydrogen-bond donors (Lipinski definition) is 3. The van der Waals surface area contributed by atoms with E-state index < -0.39 is 0 Å². The van der Waals surface area contributed by atoms with Crippen LogP contribution in [0.4, 0.5) is 0 Å². The van der Waals surface area contributed by atoms with Crippen LogP contribution in [-0.2, 0) is 29.2 Å². The van der Waals surface area contributed by atoms with E-state index in [0.29, 0.717) is 26.4 Å². The molecule has 7 heteroatoms. The molecule has 1 unspecified atom stereocenters. The molecule has 1 aliphatic rings. The van der Waals surface area contributed by atoms with Gasteiger partial charge in [-0.15, -0.1) is 24.0 Å². The fourth-order valence-electron chi connectivity index (χ4n) is 3.71. The molecule has 0 aromatic heterocycles. The van der Waals surface area contributed by atoms with Gasteiger partial charge in [0.25, 0.3) is 0 Å². The minimum Gasteiger partial charge on any atom is -0.396 e. The Morgan fingerprint density at radius 3 is 2.48 bits per heavy atom. The first-order chi connectivity index (χ1) is 14.7. The number of aliphatic hydroxyl groups is 1. The van der Waals surface area contributed by atoms with Crippen LogP contribution >= 0.6 is 24.0 Å². The monoisotopic (exact) mass is 539 g/mol. The van der Waals surface area contributed by atoms with Crippen molar-refractivity contribution in [2.45, 2.75) is 32.6 Å². The molecule has 3 N–H and O–H groups in total. The summed E-state index contributed by atoms with van der Waals surface area (Å²) in [6.07, 6.45) is 1.69. The standard InChI is InChI=1S/C24H33N3O3.HI/c1-25-23(27-18-24(11-13-28)12-14-29-19-24)26-15-21-9-5-6-10-22(21)17-30-16-20-7-3-2-4-8-20;/h2-10,28H,11-19H2,1H3,(H2,25,26,27);1H. The smallest absolute Gasteiger partial charge is 0.191 e. The lowest BCUT2D eigenvalue weighted by molar-refractivity contribution is 0.106. The summed E-state index contributed by atoms with van der Waals surface area (Å²) in [5, 5.41) is 16.2. The zero-order valence-electron chi connectivity index (χ0n) is 18.2. The van der Waals surface area contributed by atoms with Crippen LogP contribution in [0.1, 0.15) is 29.5 Å². The maximum absolute atomic E-state index is 9.40. The molecule has 1 fully saturated rings. The van der Waals surface area contributed by atoms with Crippen LogP contribution in [0, 0.1) is 5.41 Å². The third-order valence-electron chi connectivity index (χ3n) is 5.62. The molecule has 2 aromatic rings. The van der Waals surface area contributed by atoms with Crippen LogP contribution in [0.3, 0.4) is 0 Å². The highest BCUT2D eigenvalue weighted by Gasteiger charge is 2.34. The molecule has 1 heterocycles. The van der Waals surface area contributed by atoms with Crippen molar-refractivity contribution in [1.29, 1.82) is 0 Å². The quantitative estimate of drug-likeness (QED) is 0.245. The van der Waals surface area contributed by atoms with Gasteiger partial charge in [-0.25, -0.2) is 0 Å². The summed E-state index contributed by atoms with van der Waals surface area (Å²) in [6, 6.07) is 18.5. The summed E-state index contributed by atoms with van der Waals surface area (Å²) in [7, 11) is 1.77. The van der Waals surface area contributed by atoms with Gasteiger partial charge in [0, 0.05) is 38.8 Å². The zero-order chi connectivity index (χ0) is 21.1. The van der Waals surface area contributed by atoms with E-state index in [9.17, 15) is 5.11 Å². The van der Waals surface area contributed by atoms with Gasteiger partial charge in [0.15, 0.2) is 5.96 Å². The van der Waals surface area contributed by atoms with Crippen molar-refractivity contribution in [3.8, 4) is 0 Å². The summed E-state index contributed by atoms with van der Waals surface area (Å²) in [4.78, 5) is 4.35. The molecule has 0 saturated carbocycles. The number of hydrogen-bond acceptors (Lipinski definition) is 4. The van der Waals surface area contributed by atoms with Crippen LogP contribution in [0.2, 0.25) is 0 Å². The normalized spacial score (nSPS) is 18.5. The van der Waals surface area contributed by atoms with Crippen LogP contribution in [0.25, 0.3) is 0 Å². The lowest BCUT2D eigenvalue weighted by atomic mass is 9.84. The van der Waals surface area contributed by atoms with Gasteiger partial charge in [0.1, 0.15) is 0 Å². The highest BCUT2D eigenvalue weighted by atomic mass is 127. The van der Waals surface area contributed by atoms with Gasteiger partial charge in [-0.2, -0.15) is 0 Å². The van der Waals surface area contributed by atoms with Crippen molar-refractivity contribution in [3.63, 3.8) is 0 Å². The van der Waals surface area contributed by atoms with Crippen molar-refractivity contribution in [2.75, 3.05) is 33.4 Å². The van der Waals surface area contributed by atoms with Crippen molar-refractivity contribution >= 4 is 29.9 Å². The van der Waals surface area contributed by atoms with E-state index in [1.807, 2.05) is 30.3 Å². The Labute approximate surface area is 202 Å². The Balaban J connectivity index is 0.00000341. The third kappa shape index (κ3) is 8.07. The predicted molar refractivity (Wildman–Crippen MR) is 135 cm³/mol. The number of nitrogens with one attached hydrogen (secondary N) is 2. The summed E-state index contributed by atoms with van der Waals surface area (Å²) in [5.41, 5.74) is 3.50. The molecular weight excluding hydrogens is 505 g/mol. The Kier molecular flexibility index (Phi) is 11.3. The molecule has 0 spiro atoms. The number of guanidine groups is 1. The number of benzene rings is 2. The van der Waals surface area contributed by atoms with E-state index in [2.05, 4.69) is 39.9 Å². The SMILES string of the molecule is CN=C(NCc1ccccc1COCc1ccccc1)NCC1(CCO)CCOC1.I. The number of aliphatic imine (C=N–C) groups is 1. The minimum absolute atomic E-state index is 0. The van der Waals surface area contributed by atoms with Gasteiger partial charge in [0.05, 0.1) is 19.8 Å². The zero-order valence-corrected chi connectivity index (χ0v) is 20.5. The largest absolute Gasteiger partial charge is 0.396 e. The topological polar surface area (TPSA) is 75.1 Å². The molecule has 1 saturated heterocycles. The molecule has 0 bridgehead atoms. The molecule has 6 nitrogen and oxygen atoms in total. The summed E-state index contributed by atoms with van der Waals surface area (Å²) < 4.78 is 11.5.